The maximum atomic E-state index is 10.0. The normalized spacial score (nSPS) is 12.7. The Labute approximate surface area is 147 Å². The van der Waals surface area contributed by atoms with Gasteiger partial charge in [-0.15, -0.1) is 11.3 Å². The fourth-order valence-corrected chi connectivity index (χ4v) is 3.04. The summed E-state index contributed by atoms with van der Waals surface area (Å²) >= 11 is 1.73. The van der Waals surface area contributed by atoms with E-state index in [4.69, 9.17) is 4.74 Å². The first-order valence-electron chi connectivity index (χ1n) is 8.08. The average Bonchev–Trinajstić information content (AvgIpc) is 3.11. The number of hydrogen-bond donors (Lipinski definition) is 3. The van der Waals surface area contributed by atoms with Crippen LogP contribution in [0.3, 0.4) is 0 Å². The molecule has 0 bridgehead atoms. The van der Waals surface area contributed by atoms with Crippen LogP contribution in [0.2, 0.25) is 0 Å². The maximum Gasteiger partial charge on any atom is 0.191 e. The minimum Gasteiger partial charge on any atom is -0.508 e. The van der Waals surface area contributed by atoms with E-state index in [2.05, 4.69) is 40.1 Å². The quantitative estimate of drug-likeness (QED) is 0.531. The van der Waals surface area contributed by atoms with Crippen molar-refractivity contribution in [1.29, 1.82) is 0 Å². The van der Waals surface area contributed by atoms with Crippen molar-refractivity contribution >= 4 is 17.3 Å². The highest BCUT2D eigenvalue weighted by Crippen LogP contribution is 2.23. The van der Waals surface area contributed by atoms with Crippen LogP contribution in [-0.4, -0.2) is 31.3 Å². The maximum absolute atomic E-state index is 10.0. The molecule has 0 aliphatic rings. The fraction of sp³-hybridized carbons (Fsp3) is 0.389. The summed E-state index contributed by atoms with van der Waals surface area (Å²) in [6.07, 6.45) is 0.666. The predicted molar refractivity (Wildman–Crippen MR) is 100 cm³/mol. The average molecular weight is 347 g/mol. The van der Waals surface area contributed by atoms with Crippen LogP contribution in [0.4, 0.5) is 0 Å². The molecule has 6 heteroatoms. The lowest BCUT2D eigenvalue weighted by molar-refractivity contribution is 0.406. The van der Waals surface area contributed by atoms with Crippen LogP contribution in [0, 0.1) is 0 Å². The molecule has 0 saturated carbocycles. The molecule has 0 aliphatic carbocycles. The molecule has 0 amide bonds. The summed E-state index contributed by atoms with van der Waals surface area (Å²) in [5, 5.41) is 18.7. The molecule has 1 unspecified atom stereocenters. The summed E-state index contributed by atoms with van der Waals surface area (Å²) in [4.78, 5) is 5.87. The molecule has 24 heavy (non-hydrogen) atoms. The monoisotopic (exact) mass is 347 g/mol. The van der Waals surface area contributed by atoms with E-state index in [0.29, 0.717) is 18.7 Å². The van der Waals surface area contributed by atoms with Gasteiger partial charge in [-0.25, -0.2) is 0 Å². The second-order valence-corrected chi connectivity index (χ2v) is 6.37. The minimum absolute atomic E-state index is 0.206. The molecule has 0 radical (unpaired) electrons. The molecule has 0 fully saturated rings. The topological polar surface area (TPSA) is 65.9 Å². The number of benzene rings is 1. The number of rotatable bonds is 7. The van der Waals surface area contributed by atoms with Gasteiger partial charge >= 0.3 is 0 Å². The van der Waals surface area contributed by atoms with Crippen LogP contribution >= 0.6 is 11.3 Å². The number of aliphatic imine (C=N–C) groups is 1. The summed E-state index contributed by atoms with van der Waals surface area (Å²) in [5.74, 6) is 1.68. The number of guanidine groups is 1. The van der Waals surface area contributed by atoms with E-state index >= 15 is 0 Å². The molecule has 3 N–H and O–H groups in total. The highest BCUT2D eigenvalue weighted by Gasteiger charge is 2.08. The second kappa shape index (κ2) is 9.17. The molecule has 0 aliphatic heterocycles. The number of methoxy groups -OCH3 is 1. The summed E-state index contributed by atoms with van der Waals surface area (Å²) in [5.41, 5.74) is 0.863. The van der Waals surface area contributed by atoms with Crippen molar-refractivity contribution in [1.82, 2.24) is 10.6 Å². The summed E-state index contributed by atoms with van der Waals surface area (Å²) < 4.78 is 5.10. The Balaban J connectivity index is 1.95. The number of ether oxygens (including phenoxy) is 1. The summed E-state index contributed by atoms with van der Waals surface area (Å²) in [6, 6.07) is 9.72. The molecule has 1 atom stereocenters. The Kier molecular flexibility index (Phi) is 6.93. The lowest BCUT2D eigenvalue weighted by Gasteiger charge is -2.16. The summed E-state index contributed by atoms with van der Waals surface area (Å²) in [7, 11) is 1.59. The third-order valence-electron chi connectivity index (χ3n) is 3.61. The van der Waals surface area contributed by atoms with Crippen LogP contribution in [-0.2, 0) is 6.42 Å². The van der Waals surface area contributed by atoms with Crippen molar-refractivity contribution in [2.45, 2.75) is 26.3 Å². The standard InChI is InChI=1S/C18H25N3O2S/c1-4-19-18(21-13(2)17-6-5-11-24-17)20-10-9-14-7-8-15(23-3)12-16(14)22/h5-8,11-13,22H,4,9-10H2,1-3H3,(H2,19,20,21). The molecular formula is C18H25N3O2S. The van der Waals surface area contributed by atoms with Gasteiger partial charge in [-0.1, -0.05) is 12.1 Å². The van der Waals surface area contributed by atoms with Crippen molar-refractivity contribution in [3.05, 3.63) is 46.2 Å². The van der Waals surface area contributed by atoms with Gasteiger partial charge < -0.3 is 20.5 Å². The van der Waals surface area contributed by atoms with Gasteiger partial charge in [0, 0.05) is 24.0 Å². The van der Waals surface area contributed by atoms with Crippen molar-refractivity contribution in [2.75, 3.05) is 20.2 Å². The van der Waals surface area contributed by atoms with Crippen LogP contribution in [0.25, 0.3) is 0 Å². The number of nitrogens with one attached hydrogen (secondary N) is 2. The van der Waals surface area contributed by atoms with Gasteiger partial charge in [0.15, 0.2) is 5.96 Å². The first-order chi connectivity index (χ1) is 11.6. The van der Waals surface area contributed by atoms with Crippen LogP contribution in [0.15, 0.2) is 40.7 Å². The third kappa shape index (κ3) is 5.16. The number of phenols is 1. The zero-order valence-corrected chi connectivity index (χ0v) is 15.2. The number of thiophene rings is 1. The van der Waals surface area contributed by atoms with E-state index in [1.807, 2.05) is 19.1 Å². The number of hydrogen-bond acceptors (Lipinski definition) is 4. The number of nitrogens with zero attached hydrogens (tertiary/aromatic N) is 1. The molecule has 1 aromatic carbocycles. The Morgan fingerprint density at radius 3 is 2.83 bits per heavy atom. The van der Waals surface area contributed by atoms with Gasteiger partial charge in [0.1, 0.15) is 11.5 Å². The Bertz CT molecular complexity index is 656. The zero-order chi connectivity index (χ0) is 17.4. The van der Waals surface area contributed by atoms with E-state index in [9.17, 15) is 5.11 Å². The zero-order valence-electron chi connectivity index (χ0n) is 14.4. The molecule has 2 aromatic rings. The van der Waals surface area contributed by atoms with E-state index in [0.717, 1.165) is 18.1 Å². The van der Waals surface area contributed by atoms with Gasteiger partial charge in [0.25, 0.3) is 0 Å². The molecule has 5 nitrogen and oxygen atoms in total. The van der Waals surface area contributed by atoms with Crippen LogP contribution in [0.5, 0.6) is 11.5 Å². The first kappa shape index (κ1) is 18.1. The van der Waals surface area contributed by atoms with Crippen molar-refractivity contribution in [2.24, 2.45) is 4.99 Å². The van der Waals surface area contributed by atoms with E-state index < -0.39 is 0 Å². The van der Waals surface area contributed by atoms with Gasteiger partial charge in [-0.2, -0.15) is 0 Å². The SMILES string of the molecule is CCNC(=NCCc1ccc(OC)cc1O)NC(C)c1cccs1. The third-order valence-corrected chi connectivity index (χ3v) is 4.67. The second-order valence-electron chi connectivity index (χ2n) is 5.39. The van der Waals surface area contributed by atoms with Gasteiger partial charge in [0.05, 0.1) is 13.2 Å². The lowest BCUT2D eigenvalue weighted by atomic mass is 10.1. The molecule has 1 aromatic heterocycles. The Morgan fingerprint density at radius 2 is 2.21 bits per heavy atom. The van der Waals surface area contributed by atoms with Gasteiger partial charge in [-0.05, 0) is 43.3 Å². The molecule has 1 heterocycles. The molecular weight excluding hydrogens is 322 g/mol. The Morgan fingerprint density at radius 1 is 1.38 bits per heavy atom. The van der Waals surface area contributed by atoms with E-state index in [1.165, 1.54) is 4.88 Å². The van der Waals surface area contributed by atoms with Crippen LogP contribution in [0.1, 0.15) is 30.3 Å². The highest BCUT2D eigenvalue weighted by atomic mass is 32.1. The molecule has 2 rings (SSSR count). The highest BCUT2D eigenvalue weighted by molar-refractivity contribution is 7.10. The Hall–Kier alpha value is -2.21. The van der Waals surface area contributed by atoms with Gasteiger partial charge in [0.2, 0.25) is 0 Å². The number of phenolic OH excluding ortho intramolecular Hbond substituents is 1. The first-order valence-corrected chi connectivity index (χ1v) is 8.96. The molecule has 0 saturated heterocycles. The predicted octanol–water partition coefficient (Wildman–Crippen LogP) is 3.32. The molecule has 0 spiro atoms. The van der Waals surface area contributed by atoms with E-state index in [1.54, 1.807) is 24.5 Å². The van der Waals surface area contributed by atoms with Crippen LogP contribution < -0.4 is 15.4 Å². The lowest BCUT2D eigenvalue weighted by Crippen LogP contribution is -2.38. The largest absolute Gasteiger partial charge is 0.508 e. The molecule has 130 valence electrons. The minimum atomic E-state index is 0.206. The van der Waals surface area contributed by atoms with Crippen molar-refractivity contribution in [3.8, 4) is 11.5 Å². The number of aromatic hydroxyl groups is 1. The van der Waals surface area contributed by atoms with E-state index in [-0.39, 0.29) is 11.8 Å². The summed E-state index contributed by atoms with van der Waals surface area (Å²) in [6.45, 7) is 5.56. The fourth-order valence-electron chi connectivity index (χ4n) is 2.30. The van der Waals surface area contributed by atoms with Crippen molar-refractivity contribution in [3.63, 3.8) is 0 Å². The van der Waals surface area contributed by atoms with Crippen molar-refractivity contribution < 1.29 is 9.84 Å². The smallest absolute Gasteiger partial charge is 0.191 e. The van der Waals surface area contributed by atoms with Gasteiger partial charge in [-0.3, -0.25) is 4.99 Å².